The van der Waals surface area contributed by atoms with Crippen LogP contribution in [0.4, 0.5) is 0 Å². The molecule has 104 valence electrons. The van der Waals surface area contributed by atoms with E-state index in [-0.39, 0.29) is 12.1 Å². The Labute approximate surface area is 118 Å². The molecule has 4 nitrogen and oxygen atoms in total. The molecule has 2 unspecified atom stereocenters. The molecule has 1 N–H and O–H groups in total. The summed E-state index contributed by atoms with van der Waals surface area (Å²) in [7, 11) is 1.66. The largest absolute Gasteiger partial charge is 0.496 e. The number of para-hydroxylation sites is 1. The second kappa shape index (κ2) is 6.30. The van der Waals surface area contributed by atoms with E-state index in [1.165, 1.54) is 0 Å². The highest BCUT2D eigenvalue weighted by Gasteiger charge is 2.33. The number of benzene rings is 1. The number of amides is 1. The Bertz CT molecular complexity index is 453. The molecule has 1 fully saturated rings. The molecule has 1 saturated heterocycles. The Balaban J connectivity index is 2.24. The second-order valence-electron chi connectivity index (χ2n) is 4.62. The van der Waals surface area contributed by atoms with Crippen molar-refractivity contribution in [3.63, 3.8) is 0 Å². The fraction of sp³-hybridized carbons (Fsp3) is 0.500. The maximum atomic E-state index is 12.0. The maximum Gasteiger partial charge on any atom is 0.238 e. The zero-order chi connectivity index (χ0) is 13.8. The average molecular weight is 280 g/mol. The Morgan fingerprint density at radius 3 is 2.95 bits per heavy atom. The van der Waals surface area contributed by atoms with Gasteiger partial charge in [-0.2, -0.15) is 11.8 Å². The summed E-state index contributed by atoms with van der Waals surface area (Å²) in [6, 6.07) is 7.84. The Morgan fingerprint density at radius 1 is 1.53 bits per heavy atom. The number of hydrogen-bond acceptors (Lipinski definition) is 4. The molecular weight excluding hydrogens is 260 g/mol. The van der Waals surface area contributed by atoms with Crippen molar-refractivity contribution in [2.75, 3.05) is 26.5 Å². The lowest BCUT2D eigenvalue weighted by atomic mass is 10.1. The van der Waals surface area contributed by atoms with E-state index in [4.69, 9.17) is 4.74 Å². The van der Waals surface area contributed by atoms with Crippen LogP contribution in [0.2, 0.25) is 0 Å². The molecule has 1 aliphatic rings. The number of hydrogen-bond donors (Lipinski definition) is 1. The molecular formula is C14H20N2O2S. The van der Waals surface area contributed by atoms with Crippen LogP contribution in [0.3, 0.4) is 0 Å². The molecule has 2 atom stereocenters. The van der Waals surface area contributed by atoms with Crippen LogP contribution in [-0.4, -0.2) is 42.5 Å². The molecule has 0 radical (unpaired) electrons. The summed E-state index contributed by atoms with van der Waals surface area (Å²) in [5, 5.41) is 3.68. The molecule has 1 heterocycles. The van der Waals surface area contributed by atoms with Crippen molar-refractivity contribution in [1.29, 1.82) is 0 Å². The third-order valence-corrected chi connectivity index (χ3v) is 4.32. The van der Waals surface area contributed by atoms with Gasteiger partial charge in [0, 0.05) is 17.4 Å². The Hall–Kier alpha value is -1.20. The molecule has 1 aromatic carbocycles. The normalized spacial score (nSPS) is 20.7. The first kappa shape index (κ1) is 14.2. The Kier molecular flexibility index (Phi) is 4.71. The van der Waals surface area contributed by atoms with E-state index in [0.717, 1.165) is 17.9 Å². The second-order valence-corrected chi connectivity index (χ2v) is 5.89. The lowest BCUT2D eigenvalue weighted by Gasteiger charge is -2.27. The third kappa shape index (κ3) is 3.04. The van der Waals surface area contributed by atoms with Crippen molar-refractivity contribution in [1.82, 2.24) is 10.2 Å². The van der Waals surface area contributed by atoms with Crippen LogP contribution in [0.1, 0.15) is 18.7 Å². The van der Waals surface area contributed by atoms with Crippen LogP contribution in [0, 0.1) is 0 Å². The number of nitrogens with one attached hydrogen (secondary N) is 1. The standard InChI is InChI=1S/C14H20N2O2S/c1-10(19-3)9-16-13(17)8-15-14(16)11-6-4-5-7-12(11)18-2/h4-7,10,14-15H,8-9H2,1-3H3. The van der Waals surface area contributed by atoms with Crippen molar-refractivity contribution < 1.29 is 9.53 Å². The molecule has 0 spiro atoms. The highest BCUT2D eigenvalue weighted by molar-refractivity contribution is 7.99. The van der Waals surface area contributed by atoms with Gasteiger partial charge in [0.15, 0.2) is 0 Å². The van der Waals surface area contributed by atoms with Crippen LogP contribution in [0.15, 0.2) is 24.3 Å². The summed E-state index contributed by atoms with van der Waals surface area (Å²) in [6.45, 7) is 3.27. The monoisotopic (exact) mass is 280 g/mol. The van der Waals surface area contributed by atoms with E-state index < -0.39 is 0 Å². The number of ether oxygens (including phenoxy) is 1. The van der Waals surface area contributed by atoms with Crippen LogP contribution >= 0.6 is 11.8 Å². The molecule has 2 rings (SSSR count). The van der Waals surface area contributed by atoms with Crippen molar-refractivity contribution >= 4 is 17.7 Å². The number of rotatable bonds is 5. The number of methoxy groups -OCH3 is 1. The third-order valence-electron chi connectivity index (χ3n) is 3.37. The predicted molar refractivity (Wildman–Crippen MR) is 78.4 cm³/mol. The molecule has 0 aliphatic carbocycles. The highest BCUT2D eigenvalue weighted by atomic mass is 32.2. The van der Waals surface area contributed by atoms with E-state index >= 15 is 0 Å². The number of carbonyl (C=O) groups excluding carboxylic acids is 1. The number of thioether (sulfide) groups is 1. The SMILES string of the molecule is COc1ccccc1C1NCC(=O)N1CC(C)SC. The lowest BCUT2D eigenvalue weighted by molar-refractivity contribution is -0.128. The topological polar surface area (TPSA) is 41.6 Å². The van der Waals surface area contributed by atoms with Gasteiger partial charge in [-0.1, -0.05) is 25.1 Å². The molecule has 1 aromatic rings. The van der Waals surface area contributed by atoms with Crippen molar-refractivity contribution in [2.45, 2.75) is 18.3 Å². The first-order valence-electron chi connectivity index (χ1n) is 6.36. The molecule has 0 bridgehead atoms. The van der Waals surface area contributed by atoms with Crippen molar-refractivity contribution in [2.24, 2.45) is 0 Å². The minimum absolute atomic E-state index is 0.0850. The summed E-state index contributed by atoms with van der Waals surface area (Å²) in [6.07, 6.45) is 1.98. The summed E-state index contributed by atoms with van der Waals surface area (Å²) in [4.78, 5) is 13.9. The fourth-order valence-electron chi connectivity index (χ4n) is 2.27. The lowest BCUT2D eigenvalue weighted by Crippen LogP contribution is -2.35. The van der Waals surface area contributed by atoms with Gasteiger partial charge in [0.1, 0.15) is 11.9 Å². The van der Waals surface area contributed by atoms with E-state index in [9.17, 15) is 4.79 Å². The van der Waals surface area contributed by atoms with Gasteiger partial charge in [0.25, 0.3) is 0 Å². The predicted octanol–water partition coefficient (Wildman–Crippen LogP) is 1.88. The van der Waals surface area contributed by atoms with Crippen molar-refractivity contribution in [3.05, 3.63) is 29.8 Å². The molecule has 0 saturated carbocycles. The van der Waals surface area contributed by atoms with Gasteiger partial charge in [-0.15, -0.1) is 0 Å². The Morgan fingerprint density at radius 2 is 2.26 bits per heavy atom. The van der Waals surface area contributed by atoms with Crippen molar-refractivity contribution in [3.8, 4) is 5.75 Å². The van der Waals surface area contributed by atoms with E-state index in [0.29, 0.717) is 11.8 Å². The smallest absolute Gasteiger partial charge is 0.238 e. The minimum Gasteiger partial charge on any atom is -0.496 e. The molecule has 19 heavy (non-hydrogen) atoms. The van der Waals surface area contributed by atoms with Gasteiger partial charge < -0.3 is 9.64 Å². The summed E-state index contributed by atoms with van der Waals surface area (Å²) < 4.78 is 5.39. The zero-order valence-electron chi connectivity index (χ0n) is 11.6. The van der Waals surface area contributed by atoms with E-state index in [1.54, 1.807) is 18.9 Å². The number of carbonyl (C=O) groups is 1. The average Bonchev–Trinajstić information content (AvgIpc) is 2.80. The summed E-state index contributed by atoms with van der Waals surface area (Å²) in [5.41, 5.74) is 1.02. The molecule has 1 aliphatic heterocycles. The van der Waals surface area contributed by atoms with Gasteiger partial charge in [0.2, 0.25) is 5.91 Å². The molecule has 5 heteroatoms. The van der Waals surface area contributed by atoms with Crippen LogP contribution in [0.25, 0.3) is 0 Å². The van der Waals surface area contributed by atoms with Gasteiger partial charge in [-0.05, 0) is 12.3 Å². The van der Waals surface area contributed by atoms with Gasteiger partial charge in [-0.25, -0.2) is 0 Å². The van der Waals surface area contributed by atoms with Gasteiger partial charge >= 0.3 is 0 Å². The quantitative estimate of drug-likeness (QED) is 0.894. The van der Waals surface area contributed by atoms with Crippen LogP contribution < -0.4 is 10.1 Å². The van der Waals surface area contributed by atoms with E-state index in [2.05, 4.69) is 18.5 Å². The summed E-state index contributed by atoms with van der Waals surface area (Å²) in [5.74, 6) is 0.966. The van der Waals surface area contributed by atoms with E-state index in [1.807, 2.05) is 29.2 Å². The first-order valence-corrected chi connectivity index (χ1v) is 7.64. The molecule has 1 amide bonds. The fourth-order valence-corrected chi connectivity index (χ4v) is 2.58. The first-order chi connectivity index (χ1) is 9.17. The highest BCUT2D eigenvalue weighted by Crippen LogP contribution is 2.30. The van der Waals surface area contributed by atoms with Crippen LogP contribution in [0.5, 0.6) is 5.75 Å². The summed E-state index contributed by atoms with van der Waals surface area (Å²) >= 11 is 1.77. The van der Waals surface area contributed by atoms with Gasteiger partial charge in [-0.3, -0.25) is 10.1 Å². The minimum atomic E-state index is -0.0850. The van der Waals surface area contributed by atoms with Crippen LogP contribution in [-0.2, 0) is 4.79 Å². The maximum absolute atomic E-state index is 12.0. The number of nitrogens with zero attached hydrogens (tertiary/aromatic N) is 1. The van der Waals surface area contributed by atoms with Gasteiger partial charge in [0.05, 0.1) is 13.7 Å². The molecule has 0 aromatic heterocycles. The zero-order valence-corrected chi connectivity index (χ0v) is 12.4.